The summed E-state index contributed by atoms with van der Waals surface area (Å²) in [6.07, 6.45) is 3.20. The Balaban J connectivity index is 1.63. The van der Waals surface area contributed by atoms with E-state index in [-0.39, 0.29) is 0 Å². The fourth-order valence-electron chi connectivity index (χ4n) is 6.60. The van der Waals surface area contributed by atoms with Gasteiger partial charge in [-0.2, -0.15) is 0 Å². The standard InChI is InChI=1S/C31H28Si/c1-3-4-21-32(2,30-26-17-9-5-13-22(26)23-14-6-10-18-27(23)30)31-28-19-11-7-15-24(28)25-16-8-12-20-29(25)31/h3,5-20,30-31H,1,4,21H2,2H3. The molecule has 4 aromatic carbocycles. The van der Waals surface area contributed by atoms with Crippen molar-refractivity contribution in [2.24, 2.45) is 0 Å². The summed E-state index contributed by atoms with van der Waals surface area (Å²) in [5, 5.41) is 0. The van der Waals surface area contributed by atoms with Gasteiger partial charge in [-0.05, 0) is 50.9 Å². The molecule has 0 heterocycles. The summed E-state index contributed by atoms with van der Waals surface area (Å²) in [6.45, 7) is 6.79. The third-order valence-electron chi connectivity index (χ3n) is 7.87. The van der Waals surface area contributed by atoms with Gasteiger partial charge >= 0.3 is 0 Å². The predicted molar refractivity (Wildman–Crippen MR) is 139 cm³/mol. The van der Waals surface area contributed by atoms with Gasteiger partial charge in [-0.1, -0.05) is 116 Å². The van der Waals surface area contributed by atoms with E-state index in [2.05, 4.69) is 116 Å². The van der Waals surface area contributed by atoms with Gasteiger partial charge in [0.15, 0.2) is 0 Å². The Bertz CT molecular complexity index is 1150. The third-order valence-corrected chi connectivity index (χ3v) is 13.1. The Kier molecular flexibility index (Phi) is 4.55. The summed E-state index contributed by atoms with van der Waals surface area (Å²) in [7, 11) is -1.98. The van der Waals surface area contributed by atoms with Gasteiger partial charge in [0.1, 0.15) is 0 Å². The quantitative estimate of drug-likeness (QED) is 0.221. The van der Waals surface area contributed by atoms with E-state index in [4.69, 9.17) is 0 Å². The first-order chi connectivity index (χ1) is 15.7. The van der Waals surface area contributed by atoms with Crippen LogP contribution in [-0.4, -0.2) is 8.07 Å². The zero-order chi connectivity index (χ0) is 21.7. The molecule has 4 aromatic rings. The van der Waals surface area contributed by atoms with Crippen LogP contribution in [0.15, 0.2) is 110 Å². The van der Waals surface area contributed by atoms with Gasteiger partial charge in [-0.15, -0.1) is 6.58 Å². The van der Waals surface area contributed by atoms with Crippen LogP contribution in [0.5, 0.6) is 0 Å². The van der Waals surface area contributed by atoms with Crippen molar-refractivity contribution in [2.75, 3.05) is 0 Å². The maximum absolute atomic E-state index is 4.12. The molecule has 0 saturated carbocycles. The van der Waals surface area contributed by atoms with Gasteiger partial charge in [0, 0.05) is 11.1 Å². The zero-order valence-corrected chi connectivity index (χ0v) is 19.6. The Hall–Kier alpha value is -3.16. The van der Waals surface area contributed by atoms with Crippen molar-refractivity contribution >= 4 is 8.07 Å². The van der Waals surface area contributed by atoms with Crippen LogP contribution in [0.3, 0.4) is 0 Å². The molecule has 0 amide bonds. The normalized spacial score (nSPS) is 14.5. The van der Waals surface area contributed by atoms with Crippen molar-refractivity contribution in [1.29, 1.82) is 0 Å². The highest BCUT2D eigenvalue weighted by Gasteiger charge is 2.51. The van der Waals surface area contributed by atoms with Crippen LogP contribution in [0.25, 0.3) is 22.3 Å². The lowest BCUT2D eigenvalue weighted by Gasteiger charge is -2.41. The van der Waals surface area contributed by atoms with E-state index in [1.807, 2.05) is 0 Å². The summed E-state index contributed by atoms with van der Waals surface area (Å²) in [4.78, 5) is 0. The van der Waals surface area contributed by atoms with Crippen LogP contribution in [0.4, 0.5) is 0 Å². The van der Waals surface area contributed by atoms with Crippen molar-refractivity contribution in [3.63, 3.8) is 0 Å². The first-order valence-electron chi connectivity index (χ1n) is 11.7. The fourth-order valence-corrected chi connectivity index (χ4v) is 12.2. The van der Waals surface area contributed by atoms with E-state index >= 15 is 0 Å². The highest BCUT2D eigenvalue weighted by atomic mass is 28.3. The van der Waals surface area contributed by atoms with E-state index < -0.39 is 8.07 Å². The molecule has 2 aliphatic carbocycles. The molecule has 0 saturated heterocycles. The topological polar surface area (TPSA) is 0 Å². The molecule has 32 heavy (non-hydrogen) atoms. The van der Waals surface area contributed by atoms with Crippen LogP contribution >= 0.6 is 0 Å². The molecular weight excluding hydrogens is 400 g/mol. The van der Waals surface area contributed by atoms with Gasteiger partial charge in [-0.3, -0.25) is 0 Å². The number of hydrogen-bond acceptors (Lipinski definition) is 0. The predicted octanol–water partition coefficient (Wildman–Crippen LogP) is 8.34. The molecule has 1 heteroatoms. The second-order valence-corrected chi connectivity index (χ2v) is 14.2. The van der Waals surface area contributed by atoms with E-state index in [0.717, 1.165) is 6.42 Å². The smallest absolute Gasteiger partial charge is 0.0764 e. The lowest BCUT2D eigenvalue weighted by atomic mass is 10.1. The highest BCUT2D eigenvalue weighted by molar-refractivity contribution is 6.83. The molecule has 0 radical (unpaired) electrons. The van der Waals surface area contributed by atoms with Crippen molar-refractivity contribution in [3.8, 4) is 22.3 Å². The Morgan fingerprint density at radius 2 is 0.906 bits per heavy atom. The average Bonchev–Trinajstić information content (AvgIpc) is 3.37. The summed E-state index contributed by atoms with van der Waals surface area (Å²) in [6, 6.07) is 37.8. The van der Waals surface area contributed by atoms with Crippen molar-refractivity contribution in [2.45, 2.75) is 30.1 Å². The molecule has 0 atom stereocenters. The number of benzene rings is 4. The molecule has 0 bridgehead atoms. The molecule has 0 aliphatic heterocycles. The second kappa shape index (κ2) is 7.46. The van der Waals surface area contributed by atoms with Crippen LogP contribution in [-0.2, 0) is 0 Å². The largest absolute Gasteiger partial charge is 0.103 e. The molecule has 2 aliphatic rings. The molecule has 0 N–H and O–H groups in total. The second-order valence-electron chi connectivity index (χ2n) is 9.55. The minimum atomic E-state index is -1.98. The molecule has 0 nitrogen and oxygen atoms in total. The first-order valence-corrected chi connectivity index (χ1v) is 14.6. The number of rotatable bonds is 5. The van der Waals surface area contributed by atoms with Gasteiger partial charge in [0.2, 0.25) is 0 Å². The minimum absolute atomic E-state index is 0.485. The van der Waals surface area contributed by atoms with Crippen LogP contribution in [0, 0.1) is 0 Å². The Labute approximate surface area is 192 Å². The minimum Gasteiger partial charge on any atom is -0.103 e. The Morgan fingerprint density at radius 1 is 0.594 bits per heavy atom. The molecule has 156 valence electrons. The molecule has 0 spiro atoms. The molecule has 0 fully saturated rings. The van der Waals surface area contributed by atoms with Gasteiger partial charge < -0.3 is 0 Å². The summed E-state index contributed by atoms with van der Waals surface area (Å²) in [5.74, 6) is 0. The summed E-state index contributed by atoms with van der Waals surface area (Å²) < 4.78 is 0. The van der Waals surface area contributed by atoms with Crippen molar-refractivity contribution in [1.82, 2.24) is 0 Å². The first kappa shape index (κ1) is 19.5. The van der Waals surface area contributed by atoms with Gasteiger partial charge in [0.05, 0.1) is 8.07 Å². The fraction of sp³-hybridized carbons (Fsp3) is 0.161. The monoisotopic (exact) mass is 428 g/mol. The van der Waals surface area contributed by atoms with Crippen molar-refractivity contribution in [3.05, 3.63) is 132 Å². The summed E-state index contributed by atoms with van der Waals surface area (Å²) >= 11 is 0. The molecular formula is C31H28Si. The molecule has 6 rings (SSSR count). The maximum atomic E-state index is 4.12. The number of hydrogen-bond donors (Lipinski definition) is 0. The number of allylic oxidation sites excluding steroid dienone is 1. The lowest BCUT2D eigenvalue weighted by Crippen LogP contribution is -2.45. The molecule has 0 unspecified atom stereocenters. The van der Waals surface area contributed by atoms with Gasteiger partial charge in [-0.25, -0.2) is 0 Å². The van der Waals surface area contributed by atoms with Crippen LogP contribution < -0.4 is 0 Å². The average molecular weight is 429 g/mol. The van der Waals surface area contributed by atoms with E-state index in [9.17, 15) is 0 Å². The van der Waals surface area contributed by atoms with E-state index in [1.165, 1.54) is 50.6 Å². The SMILES string of the molecule is C=CCC[Si](C)(C1c2ccccc2-c2ccccc21)C1c2ccccc2-c2ccccc21. The Morgan fingerprint density at radius 3 is 1.22 bits per heavy atom. The molecule has 0 aromatic heterocycles. The highest BCUT2D eigenvalue weighted by Crippen LogP contribution is 2.58. The van der Waals surface area contributed by atoms with Gasteiger partial charge in [0.25, 0.3) is 0 Å². The lowest BCUT2D eigenvalue weighted by molar-refractivity contribution is 0.953. The third kappa shape index (κ3) is 2.67. The van der Waals surface area contributed by atoms with Crippen LogP contribution in [0.2, 0.25) is 12.6 Å². The van der Waals surface area contributed by atoms with Crippen LogP contribution in [0.1, 0.15) is 39.8 Å². The number of fused-ring (bicyclic) bond motifs is 6. The van der Waals surface area contributed by atoms with Crippen molar-refractivity contribution < 1.29 is 0 Å². The summed E-state index contributed by atoms with van der Waals surface area (Å²) in [5.41, 5.74) is 12.9. The zero-order valence-electron chi connectivity index (χ0n) is 18.6. The van der Waals surface area contributed by atoms with E-state index in [1.54, 1.807) is 0 Å². The van der Waals surface area contributed by atoms with E-state index in [0.29, 0.717) is 11.1 Å². The maximum Gasteiger partial charge on any atom is 0.0764 e.